The van der Waals surface area contributed by atoms with Crippen LogP contribution >= 0.6 is 15.9 Å². The van der Waals surface area contributed by atoms with Crippen molar-refractivity contribution in [2.24, 2.45) is 7.05 Å². The Balaban J connectivity index is 2.45. The molecule has 0 bridgehead atoms. The van der Waals surface area contributed by atoms with Gasteiger partial charge in [-0.05, 0) is 40.5 Å². The number of nitrogens with zero attached hydrogens (tertiary/aromatic N) is 2. The normalized spacial score (nSPS) is 11.9. The Kier molecular flexibility index (Phi) is 4.81. The number of aromatic nitrogens is 2. The topological polar surface area (TPSA) is 58.3 Å². The summed E-state index contributed by atoms with van der Waals surface area (Å²) < 4.78 is 15.7. The summed E-state index contributed by atoms with van der Waals surface area (Å²) in [5, 5.41) is 24.0. The zero-order valence-electron chi connectivity index (χ0n) is 12.0. The molecule has 0 unspecified atom stereocenters. The average Bonchev–Trinajstić information content (AvgIpc) is 2.72. The van der Waals surface area contributed by atoms with Gasteiger partial charge in [-0.1, -0.05) is 12.1 Å². The van der Waals surface area contributed by atoms with Crippen LogP contribution in [0.4, 0.5) is 4.39 Å². The van der Waals surface area contributed by atoms with Crippen LogP contribution in [0.25, 0.3) is 0 Å². The maximum atomic E-state index is 13.1. The van der Waals surface area contributed by atoms with Gasteiger partial charge in [-0.15, -0.1) is 0 Å². The Bertz CT molecular complexity index is 621. The molecule has 2 rings (SSSR count). The third-order valence-electron chi connectivity index (χ3n) is 3.83. The molecule has 1 heterocycles. The van der Waals surface area contributed by atoms with Gasteiger partial charge in [-0.25, -0.2) is 4.39 Å². The lowest BCUT2D eigenvalue weighted by Crippen LogP contribution is -2.38. The van der Waals surface area contributed by atoms with Crippen LogP contribution < -0.4 is 0 Å². The molecule has 0 aliphatic heterocycles. The van der Waals surface area contributed by atoms with Crippen molar-refractivity contribution in [1.82, 2.24) is 9.78 Å². The lowest BCUT2D eigenvalue weighted by atomic mass is 9.78. The van der Waals surface area contributed by atoms with Crippen LogP contribution in [0.3, 0.4) is 0 Å². The maximum absolute atomic E-state index is 13.1. The first kappa shape index (κ1) is 16.1. The number of hydrogen-bond donors (Lipinski definition) is 2. The summed E-state index contributed by atoms with van der Waals surface area (Å²) in [6.07, 6.45) is 0.392. The van der Waals surface area contributed by atoms with Gasteiger partial charge in [0.2, 0.25) is 0 Å². The smallest absolute Gasteiger partial charge is 0.123 e. The van der Waals surface area contributed by atoms with Crippen LogP contribution in [0.5, 0.6) is 0 Å². The second-order valence-corrected chi connectivity index (χ2v) is 6.04. The minimum Gasteiger partial charge on any atom is -0.395 e. The molecule has 0 amide bonds. The molecule has 2 aromatic rings. The van der Waals surface area contributed by atoms with E-state index in [0.29, 0.717) is 12.0 Å². The number of rotatable bonds is 5. The largest absolute Gasteiger partial charge is 0.395 e. The Morgan fingerprint density at radius 1 is 1.24 bits per heavy atom. The van der Waals surface area contributed by atoms with E-state index in [0.717, 1.165) is 15.9 Å². The van der Waals surface area contributed by atoms with Crippen molar-refractivity contribution >= 4 is 15.9 Å². The molecule has 0 saturated carbocycles. The van der Waals surface area contributed by atoms with E-state index in [2.05, 4.69) is 21.0 Å². The van der Waals surface area contributed by atoms with Gasteiger partial charge in [-0.3, -0.25) is 4.68 Å². The fourth-order valence-corrected chi connectivity index (χ4v) is 2.92. The maximum Gasteiger partial charge on any atom is 0.123 e. The molecule has 21 heavy (non-hydrogen) atoms. The number of aliphatic hydroxyl groups is 2. The Labute approximate surface area is 131 Å². The summed E-state index contributed by atoms with van der Waals surface area (Å²) in [5.41, 5.74) is 1.53. The summed E-state index contributed by atoms with van der Waals surface area (Å²) in [4.78, 5) is 0. The second-order valence-electron chi connectivity index (χ2n) is 5.25. The molecule has 0 spiro atoms. The third kappa shape index (κ3) is 3.02. The summed E-state index contributed by atoms with van der Waals surface area (Å²) in [5.74, 6) is -0.346. The third-order valence-corrected chi connectivity index (χ3v) is 4.86. The average molecular weight is 357 g/mol. The SMILES string of the molecule is Cc1nn(C)c(CC(CO)(CO)c2ccc(F)cc2)c1Br. The van der Waals surface area contributed by atoms with Crippen molar-refractivity contribution in [2.45, 2.75) is 18.8 Å². The van der Waals surface area contributed by atoms with E-state index >= 15 is 0 Å². The summed E-state index contributed by atoms with van der Waals surface area (Å²) >= 11 is 3.49. The standard InChI is InChI=1S/C15H18BrFN2O2/c1-10-14(16)13(19(2)18-10)7-15(8-20,9-21)11-3-5-12(17)6-4-11/h3-6,20-21H,7-9H2,1-2H3. The molecule has 0 aliphatic rings. The van der Waals surface area contributed by atoms with Gasteiger partial charge in [0.05, 0.1) is 29.1 Å². The highest BCUT2D eigenvalue weighted by atomic mass is 79.9. The zero-order valence-corrected chi connectivity index (χ0v) is 13.6. The van der Waals surface area contributed by atoms with Gasteiger partial charge >= 0.3 is 0 Å². The highest BCUT2D eigenvalue weighted by Crippen LogP contribution is 2.32. The van der Waals surface area contributed by atoms with Gasteiger partial charge in [-0.2, -0.15) is 5.10 Å². The predicted molar refractivity (Wildman–Crippen MR) is 81.6 cm³/mol. The van der Waals surface area contributed by atoms with Crippen molar-refractivity contribution < 1.29 is 14.6 Å². The van der Waals surface area contributed by atoms with E-state index in [9.17, 15) is 14.6 Å². The van der Waals surface area contributed by atoms with Crippen LogP contribution in [0.2, 0.25) is 0 Å². The molecule has 6 heteroatoms. The van der Waals surface area contributed by atoms with E-state index in [1.54, 1.807) is 16.8 Å². The highest BCUT2D eigenvalue weighted by molar-refractivity contribution is 9.10. The van der Waals surface area contributed by atoms with Gasteiger partial charge in [0, 0.05) is 18.9 Å². The molecule has 0 fully saturated rings. The van der Waals surface area contributed by atoms with Gasteiger partial charge < -0.3 is 10.2 Å². The molecule has 114 valence electrons. The van der Waals surface area contributed by atoms with Crippen molar-refractivity contribution in [3.8, 4) is 0 Å². The van der Waals surface area contributed by atoms with E-state index < -0.39 is 5.41 Å². The first-order chi connectivity index (χ1) is 9.93. The van der Waals surface area contributed by atoms with Crippen LogP contribution in [0.1, 0.15) is 17.0 Å². The Hall–Kier alpha value is -1.24. The van der Waals surface area contributed by atoms with E-state index in [4.69, 9.17) is 0 Å². The van der Waals surface area contributed by atoms with E-state index in [-0.39, 0.29) is 19.0 Å². The van der Waals surface area contributed by atoms with Crippen molar-refractivity contribution in [2.75, 3.05) is 13.2 Å². The van der Waals surface area contributed by atoms with E-state index in [1.165, 1.54) is 12.1 Å². The number of aryl methyl sites for hydroxylation is 2. The van der Waals surface area contributed by atoms with Gasteiger partial charge in [0.15, 0.2) is 0 Å². The summed E-state index contributed by atoms with van der Waals surface area (Å²) in [6, 6.07) is 5.86. The van der Waals surface area contributed by atoms with Crippen molar-refractivity contribution in [3.05, 3.63) is 51.5 Å². The quantitative estimate of drug-likeness (QED) is 0.862. The Morgan fingerprint density at radius 2 is 1.81 bits per heavy atom. The van der Waals surface area contributed by atoms with Crippen molar-refractivity contribution in [3.63, 3.8) is 0 Å². The van der Waals surface area contributed by atoms with Crippen LogP contribution in [-0.4, -0.2) is 33.2 Å². The first-order valence-corrected chi connectivity index (χ1v) is 7.38. The molecule has 1 aromatic carbocycles. The van der Waals surface area contributed by atoms with E-state index in [1.807, 2.05) is 14.0 Å². The fourth-order valence-electron chi connectivity index (χ4n) is 2.44. The lowest BCUT2D eigenvalue weighted by Gasteiger charge is -2.30. The number of aliphatic hydroxyl groups excluding tert-OH is 2. The number of halogens is 2. The van der Waals surface area contributed by atoms with Crippen LogP contribution in [0.15, 0.2) is 28.7 Å². The number of benzene rings is 1. The summed E-state index contributed by atoms with van der Waals surface area (Å²) in [6.45, 7) is 1.39. The molecule has 2 N–H and O–H groups in total. The molecular formula is C15H18BrFN2O2. The summed E-state index contributed by atoms with van der Waals surface area (Å²) in [7, 11) is 1.82. The molecular weight excluding hydrogens is 339 g/mol. The van der Waals surface area contributed by atoms with Crippen molar-refractivity contribution in [1.29, 1.82) is 0 Å². The predicted octanol–water partition coefficient (Wildman–Crippen LogP) is 2.10. The molecule has 0 saturated heterocycles. The minimum absolute atomic E-state index is 0.244. The molecule has 1 aromatic heterocycles. The highest BCUT2D eigenvalue weighted by Gasteiger charge is 2.33. The van der Waals surface area contributed by atoms with Gasteiger partial charge in [0.25, 0.3) is 0 Å². The first-order valence-electron chi connectivity index (χ1n) is 6.59. The van der Waals surface area contributed by atoms with Crippen LogP contribution in [0, 0.1) is 12.7 Å². The fraction of sp³-hybridized carbons (Fsp3) is 0.400. The monoisotopic (exact) mass is 356 g/mol. The molecule has 4 nitrogen and oxygen atoms in total. The zero-order chi connectivity index (χ0) is 15.6. The second kappa shape index (κ2) is 6.25. The number of hydrogen-bond acceptors (Lipinski definition) is 3. The lowest BCUT2D eigenvalue weighted by molar-refractivity contribution is 0.114. The molecule has 0 radical (unpaired) electrons. The Morgan fingerprint density at radius 3 is 2.24 bits per heavy atom. The van der Waals surface area contributed by atoms with Crippen LogP contribution in [-0.2, 0) is 18.9 Å². The van der Waals surface area contributed by atoms with Gasteiger partial charge in [0.1, 0.15) is 5.82 Å². The molecule has 0 aliphatic carbocycles. The minimum atomic E-state index is -0.879. The molecule has 0 atom stereocenters.